The lowest BCUT2D eigenvalue weighted by molar-refractivity contribution is -0.0560. The number of amides is 1. The Kier molecular flexibility index (Phi) is 4.10. The van der Waals surface area contributed by atoms with Gasteiger partial charge in [0.1, 0.15) is 5.52 Å². The van der Waals surface area contributed by atoms with Crippen molar-refractivity contribution in [1.82, 2.24) is 24.4 Å². The number of halogens is 2. The summed E-state index contributed by atoms with van der Waals surface area (Å²) in [5, 5.41) is 0. The van der Waals surface area contributed by atoms with Crippen LogP contribution in [0.25, 0.3) is 11.2 Å². The van der Waals surface area contributed by atoms with Crippen molar-refractivity contribution in [3.63, 3.8) is 0 Å². The number of aromatic nitrogens is 4. The molecular weight excluding hydrogens is 340 g/mol. The predicted octanol–water partition coefficient (Wildman–Crippen LogP) is 2.75. The van der Waals surface area contributed by atoms with Crippen molar-refractivity contribution in [2.45, 2.75) is 25.3 Å². The molecule has 1 aliphatic rings. The number of pyridine rings is 2. The smallest absolute Gasteiger partial charge is 0.265 e. The maximum atomic E-state index is 13.6. The van der Waals surface area contributed by atoms with Crippen LogP contribution in [0.4, 0.5) is 8.78 Å². The first kappa shape index (κ1) is 16.6. The summed E-state index contributed by atoms with van der Waals surface area (Å²) in [7, 11) is 0. The summed E-state index contributed by atoms with van der Waals surface area (Å²) < 4.78 is 29.0. The van der Waals surface area contributed by atoms with Crippen molar-refractivity contribution < 1.29 is 13.6 Å². The SMILES string of the molecule is O=C(c1cnc2c(c1)ncn2Cc1cccnc1)N1CCCC(F)(F)C1. The number of hydrogen-bond acceptors (Lipinski definition) is 4. The van der Waals surface area contributed by atoms with Gasteiger partial charge in [0, 0.05) is 31.6 Å². The lowest BCUT2D eigenvalue weighted by atomic mass is 10.1. The minimum absolute atomic E-state index is 0.174. The number of hydrogen-bond donors (Lipinski definition) is 0. The number of nitrogens with zero attached hydrogens (tertiary/aromatic N) is 5. The Morgan fingerprint density at radius 3 is 2.92 bits per heavy atom. The second kappa shape index (κ2) is 6.44. The van der Waals surface area contributed by atoms with E-state index in [0.29, 0.717) is 30.7 Å². The Bertz CT molecular complexity index is 941. The molecule has 0 saturated carbocycles. The van der Waals surface area contributed by atoms with Crippen molar-refractivity contribution in [3.05, 3.63) is 54.2 Å². The molecule has 26 heavy (non-hydrogen) atoms. The van der Waals surface area contributed by atoms with Crippen molar-refractivity contribution >= 4 is 17.1 Å². The highest BCUT2D eigenvalue weighted by molar-refractivity contribution is 5.96. The fourth-order valence-electron chi connectivity index (χ4n) is 3.19. The van der Waals surface area contributed by atoms with Gasteiger partial charge in [-0.2, -0.15) is 0 Å². The summed E-state index contributed by atoms with van der Waals surface area (Å²) in [6.45, 7) is 0.351. The maximum Gasteiger partial charge on any atom is 0.265 e. The van der Waals surface area contributed by atoms with Gasteiger partial charge in [-0.1, -0.05) is 6.07 Å². The molecule has 0 bridgehead atoms. The average molecular weight is 357 g/mol. The van der Waals surface area contributed by atoms with Gasteiger partial charge in [-0.15, -0.1) is 0 Å². The van der Waals surface area contributed by atoms with Gasteiger partial charge in [-0.3, -0.25) is 9.78 Å². The minimum atomic E-state index is -2.82. The number of imidazole rings is 1. The van der Waals surface area contributed by atoms with Crippen LogP contribution < -0.4 is 0 Å². The van der Waals surface area contributed by atoms with E-state index >= 15 is 0 Å². The number of rotatable bonds is 3. The fraction of sp³-hybridized carbons (Fsp3) is 0.333. The molecule has 4 rings (SSSR count). The van der Waals surface area contributed by atoms with Gasteiger partial charge in [0.2, 0.25) is 0 Å². The van der Waals surface area contributed by atoms with Crippen molar-refractivity contribution in [2.24, 2.45) is 0 Å². The Hall–Kier alpha value is -2.90. The molecule has 0 aliphatic carbocycles. The fourth-order valence-corrected chi connectivity index (χ4v) is 3.19. The highest BCUT2D eigenvalue weighted by Gasteiger charge is 2.37. The molecule has 6 nitrogen and oxygen atoms in total. The first-order valence-electron chi connectivity index (χ1n) is 8.39. The van der Waals surface area contributed by atoms with Crippen LogP contribution in [0.15, 0.2) is 43.1 Å². The van der Waals surface area contributed by atoms with E-state index in [1.165, 1.54) is 11.1 Å². The van der Waals surface area contributed by atoms with Gasteiger partial charge in [-0.05, 0) is 24.1 Å². The summed E-state index contributed by atoms with van der Waals surface area (Å²) in [4.78, 5) is 26.4. The van der Waals surface area contributed by atoms with E-state index in [2.05, 4.69) is 15.0 Å². The van der Waals surface area contributed by atoms with E-state index in [1.807, 2.05) is 16.7 Å². The van der Waals surface area contributed by atoms with Gasteiger partial charge in [0.15, 0.2) is 5.65 Å². The van der Waals surface area contributed by atoms with Crippen LogP contribution in [-0.2, 0) is 6.54 Å². The number of fused-ring (bicyclic) bond motifs is 1. The molecule has 3 aromatic rings. The zero-order valence-corrected chi connectivity index (χ0v) is 14.0. The average Bonchev–Trinajstić information content (AvgIpc) is 3.03. The van der Waals surface area contributed by atoms with Crippen molar-refractivity contribution in [3.8, 4) is 0 Å². The van der Waals surface area contributed by atoms with E-state index in [0.717, 1.165) is 5.56 Å². The molecule has 0 N–H and O–H groups in total. The molecule has 3 aromatic heterocycles. The van der Waals surface area contributed by atoms with Crippen LogP contribution in [0.5, 0.6) is 0 Å². The summed E-state index contributed by atoms with van der Waals surface area (Å²) in [5.41, 5.74) is 2.48. The highest BCUT2D eigenvalue weighted by atomic mass is 19.3. The lowest BCUT2D eigenvalue weighted by Gasteiger charge is -2.32. The quantitative estimate of drug-likeness (QED) is 0.723. The number of likely N-dealkylation sites (tertiary alicyclic amines) is 1. The zero-order valence-electron chi connectivity index (χ0n) is 14.0. The molecule has 1 fully saturated rings. The summed E-state index contributed by atoms with van der Waals surface area (Å²) >= 11 is 0. The molecule has 0 unspecified atom stereocenters. The third kappa shape index (κ3) is 3.26. The second-order valence-electron chi connectivity index (χ2n) is 6.49. The van der Waals surface area contributed by atoms with Crippen LogP contribution in [0.2, 0.25) is 0 Å². The predicted molar refractivity (Wildman–Crippen MR) is 91.0 cm³/mol. The molecule has 0 spiro atoms. The molecule has 1 aliphatic heterocycles. The number of piperidine rings is 1. The number of carbonyl (C=O) groups excluding carboxylic acids is 1. The summed E-state index contributed by atoms with van der Waals surface area (Å²) in [5.74, 6) is -3.25. The number of carbonyl (C=O) groups is 1. The Balaban J connectivity index is 1.58. The zero-order chi connectivity index (χ0) is 18.1. The van der Waals surface area contributed by atoms with Gasteiger partial charge in [0.25, 0.3) is 11.8 Å². The monoisotopic (exact) mass is 357 g/mol. The van der Waals surface area contributed by atoms with Crippen molar-refractivity contribution in [2.75, 3.05) is 13.1 Å². The van der Waals surface area contributed by atoms with E-state index in [1.54, 1.807) is 24.8 Å². The van der Waals surface area contributed by atoms with Crippen LogP contribution in [0.1, 0.15) is 28.8 Å². The van der Waals surface area contributed by atoms with Crippen LogP contribution in [-0.4, -0.2) is 49.3 Å². The van der Waals surface area contributed by atoms with Crippen LogP contribution >= 0.6 is 0 Å². The topological polar surface area (TPSA) is 63.9 Å². The van der Waals surface area contributed by atoms with E-state index < -0.39 is 18.4 Å². The largest absolute Gasteiger partial charge is 0.333 e. The third-order valence-corrected chi connectivity index (χ3v) is 4.46. The summed E-state index contributed by atoms with van der Waals surface area (Å²) in [6.07, 6.45) is 6.67. The Morgan fingerprint density at radius 1 is 1.27 bits per heavy atom. The van der Waals surface area contributed by atoms with E-state index in [9.17, 15) is 13.6 Å². The standard InChI is InChI=1S/C18H17F2N5O/c19-18(20)4-2-6-24(11-18)17(26)14-7-15-16(22-9-14)25(12-23-15)10-13-3-1-5-21-8-13/h1,3,5,7-9,12H,2,4,6,10-11H2. The molecule has 0 aromatic carbocycles. The molecule has 1 amide bonds. The Labute approximate surface area is 148 Å². The third-order valence-electron chi connectivity index (χ3n) is 4.46. The van der Waals surface area contributed by atoms with Gasteiger partial charge in [-0.25, -0.2) is 18.7 Å². The molecule has 134 valence electrons. The summed E-state index contributed by atoms with van der Waals surface area (Å²) in [6, 6.07) is 5.41. The first-order valence-corrected chi connectivity index (χ1v) is 8.39. The first-order chi connectivity index (χ1) is 12.5. The molecule has 0 radical (unpaired) electrons. The molecule has 0 atom stereocenters. The van der Waals surface area contributed by atoms with E-state index in [-0.39, 0.29) is 12.0 Å². The highest BCUT2D eigenvalue weighted by Crippen LogP contribution is 2.27. The maximum absolute atomic E-state index is 13.6. The van der Waals surface area contributed by atoms with Crippen molar-refractivity contribution in [1.29, 1.82) is 0 Å². The van der Waals surface area contributed by atoms with Crippen LogP contribution in [0, 0.1) is 0 Å². The minimum Gasteiger partial charge on any atom is -0.333 e. The molecule has 4 heterocycles. The van der Waals surface area contributed by atoms with Gasteiger partial charge >= 0.3 is 0 Å². The van der Waals surface area contributed by atoms with Gasteiger partial charge < -0.3 is 9.47 Å². The molecule has 1 saturated heterocycles. The second-order valence-corrected chi connectivity index (χ2v) is 6.49. The normalized spacial score (nSPS) is 16.8. The van der Waals surface area contributed by atoms with Crippen LogP contribution in [0.3, 0.4) is 0 Å². The van der Waals surface area contributed by atoms with E-state index in [4.69, 9.17) is 0 Å². The molecule has 8 heteroatoms. The number of alkyl halides is 2. The lowest BCUT2D eigenvalue weighted by Crippen LogP contribution is -2.45. The van der Waals surface area contributed by atoms with Gasteiger partial charge in [0.05, 0.1) is 25.0 Å². The Morgan fingerprint density at radius 2 is 2.15 bits per heavy atom. The molecular formula is C18H17F2N5O.